The monoisotopic (exact) mass is 464 g/mol. The highest BCUT2D eigenvalue weighted by Crippen LogP contribution is 2.42. The average Bonchev–Trinajstić information content (AvgIpc) is 2.75. The molecule has 0 aliphatic rings. The van der Waals surface area contributed by atoms with Gasteiger partial charge in [0.25, 0.3) is 0 Å². The Bertz CT molecular complexity index is 1130. The first-order valence-electron chi connectivity index (χ1n) is 9.13. The Kier molecular flexibility index (Phi) is 7.77. The van der Waals surface area contributed by atoms with Crippen molar-refractivity contribution in [3.8, 4) is 34.5 Å². The van der Waals surface area contributed by atoms with Crippen molar-refractivity contribution >= 4 is 26.6 Å². The molecule has 32 heavy (non-hydrogen) atoms. The van der Waals surface area contributed by atoms with E-state index in [0.29, 0.717) is 0 Å². The summed E-state index contributed by atoms with van der Waals surface area (Å²) >= 11 is 0. The first kappa shape index (κ1) is 24.6. The van der Waals surface area contributed by atoms with Crippen LogP contribution in [0.25, 0.3) is 11.0 Å². The third kappa shape index (κ3) is 5.33. The number of phenols is 2. The highest BCUT2D eigenvalue weighted by Gasteiger charge is 2.26. The van der Waals surface area contributed by atoms with Gasteiger partial charge in [0.15, 0.2) is 5.78 Å². The van der Waals surface area contributed by atoms with E-state index in [4.69, 9.17) is 18.9 Å². The molecule has 0 amide bonds. The fourth-order valence-corrected chi connectivity index (χ4v) is 4.22. The fourth-order valence-electron chi connectivity index (χ4n) is 2.94. The number of allylic oxidation sites excluding steroid dienone is 1. The molecule has 2 aromatic rings. The van der Waals surface area contributed by atoms with Crippen LogP contribution in [0, 0.1) is 0 Å². The van der Waals surface area contributed by atoms with Crippen molar-refractivity contribution in [2.75, 3.05) is 28.4 Å². The first-order chi connectivity index (χ1) is 15.1. The molecule has 172 valence electrons. The number of phenolic OH excluding ortho intramolecular Hbond substituents is 2. The van der Waals surface area contributed by atoms with Crippen molar-refractivity contribution in [3.05, 3.63) is 46.9 Å². The minimum absolute atomic E-state index is 0.00822. The maximum Gasteiger partial charge on any atom is 0.200 e. The molecule has 0 spiro atoms. The number of carbonyl (C=O) groups is 1. The maximum atomic E-state index is 13.3. The zero-order valence-corrected chi connectivity index (χ0v) is 19.0. The van der Waals surface area contributed by atoms with Crippen LogP contribution in [0.15, 0.2) is 35.7 Å². The molecule has 0 aliphatic heterocycles. The zero-order valence-electron chi connectivity index (χ0n) is 18.2. The summed E-state index contributed by atoms with van der Waals surface area (Å²) in [6.45, 7) is 1.20. The summed E-state index contributed by atoms with van der Waals surface area (Å²) in [5.74, 6) is -0.549. The number of carbonyl (C=O) groups excluding carboxylic acids is 1. The molecule has 0 fully saturated rings. The van der Waals surface area contributed by atoms with Crippen LogP contribution in [0.2, 0.25) is 0 Å². The van der Waals surface area contributed by atoms with Crippen molar-refractivity contribution < 1.29 is 42.4 Å². The average molecular weight is 464 g/mol. The van der Waals surface area contributed by atoms with Crippen LogP contribution in [0.4, 0.5) is 0 Å². The molecule has 9 nitrogen and oxygen atoms in total. The molecule has 0 radical (unpaired) electrons. The van der Waals surface area contributed by atoms with Gasteiger partial charge in [-0.05, 0) is 13.0 Å². The number of ketones is 1. The van der Waals surface area contributed by atoms with E-state index < -0.39 is 20.5 Å². The Morgan fingerprint density at radius 1 is 0.812 bits per heavy atom. The molecule has 0 aromatic heterocycles. The Balaban J connectivity index is 2.74. The minimum Gasteiger partial charge on any atom is -0.508 e. The van der Waals surface area contributed by atoms with Crippen LogP contribution in [0.1, 0.15) is 18.1 Å². The van der Waals surface area contributed by atoms with Crippen LogP contribution >= 0.6 is 0 Å². The van der Waals surface area contributed by atoms with E-state index in [2.05, 4.69) is 0 Å². The van der Waals surface area contributed by atoms with Gasteiger partial charge < -0.3 is 29.2 Å². The van der Waals surface area contributed by atoms with Gasteiger partial charge >= 0.3 is 0 Å². The molecule has 0 unspecified atom stereocenters. The molecule has 2 N–H and O–H groups in total. The molecule has 0 atom stereocenters. The number of methoxy groups -OCH3 is 4. The predicted octanol–water partition coefficient (Wildman–Crippen LogP) is 3.15. The molecule has 2 rings (SSSR count). The van der Waals surface area contributed by atoms with Gasteiger partial charge in [-0.1, -0.05) is 0 Å². The molecule has 2 aromatic carbocycles. The van der Waals surface area contributed by atoms with Gasteiger partial charge in [-0.3, -0.25) is 4.79 Å². The van der Waals surface area contributed by atoms with E-state index in [1.165, 1.54) is 65.7 Å². The smallest absolute Gasteiger partial charge is 0.200 e. The van der Waals surface area contributed by atoms with Gasteiger partial charge in [0.1, 0.15) is 34.5 Å². The summed E-state index contributed by atoms with van der Waals surface area (Å²) in [5, 5.41) is 20.5. The van der Waals surface area contributed by atoms with Gasteiger partial charge in [-0.2, -0.15) is 0 Å². The highest BCUT2D eigenvalue weighted by molar-refractivity contribution is 8.03. The Labute approximate surface area is 186 Å². The third-order valence-electron chi connectivity index (χ3n) is 4.32. The van der Waals surface area contributed by atoms with Crippen molar-refractivity contribution in [2.45, 2.75) is 6.92 Å². The predicted molar refractivity (Wildman–Crippen MR) is 119 cm³/mol. The summed E-state index contributed by atoms with van der Waals surface area (Å²) in [6, 6.07) is 5.01. The minimum atomic E-state index is -4.26. The van der Waals surface area contributed by atoms with Gasteiger partial charge in [0.2, 0.25) is 9.84 Å². The Morgan fingerprint density at radius 3 is 1.59 bits per heavy atom. The van der Waals surface area contributed by atoms with Gasteiger partial charge in [-0.15, -0.1) is 0 Å². The van der Waals surface area contributed by atoms with Crippen LogP contribution < -0.4 is 18.9 Å². The summed E-state index contributed by atoms with van der Waals surface area (Å²) in [5.41, 5.74) is 0.223. The second-order valence-electron chi connectivity index (χ2n) is 6.46. The molecule has 10 heteroatoms. The van der Waals surface area contributed by atoms with Gasteiger partial charge in [-0.25, -0.2) is 8.42 Å². The van der Waals surface area contributed by atoms with Crippen molar-refractivity contribution in [1.29, 1.82) is 0 Å². The lowest BCUT2D eigenvalue weighted by Gasteiger charge is -2.16. The summed E-state index contributed by atoms with van der Waals surface area (Å²) in [7, 11) is 1.03. The fraction of sp³-hybridized carbons (Fsp3) is 0.227. The Hall–Kier alpha value is -3.66. The van der Waals surface area contributed by atoms with Crippen LogP contribution in [0.5, 0.6) is 34.5 Å². The van der Waals surface area contributed by atoms with E-state index >= 15 is 0 Å². The van der Waals surface area contributed by atoms with Crippen LogP contribution in [-0.4, -0.2) is 52.9 Å². The molecule has 0 heterocycles. The second kappa shape index (κ2) is 10.1. The lowest BCUT2D eigenvalue weighted by atomic mass is 10.1. The van der Waals surface area contributed by atoms with Gasteiger partial charge in [0, 0.05) is 35.7 Å². The third-order valence-corrected chi connectivity index (χ3v) is 5.75. The molecule has 0 bridgehead atoms. The summed E-state index contributed by atoms with van der Waals surface area (Å²) in [6.07, 6.45) is 2.15. The molecule has 0 aliphatic carbocycles. The van der Waals surface area contributed by atoms with Crippen molar-refractivity contribution in [3.63, 3.8) is 0 Å². The quantitative estimate of drug-likeness (QED) is 0.538. The molecular formula is C22H24O9S. The Morgan fingerprint density at radius 2 is 1.22 bits per heavy atom. The normalized spacial score (nSPS) is 12.0. The molecule has 0 saturated carbocycles. The zero-order chi connectivity index (χ0) is 24.1. The topological polar surface area (TPSA) is 129 Å². The van der Waals surface area contributed by atoms with Gasteiger partial charge in [0.05, 0.1) is 44.5 Å². The number of aromatic hydroxyl groups is 2. The van der Waals surface area contributed by atoms with E-state index in [1.54, 1.807) is 0 Å². The van der Waals surface area contributed by atoms with Crippen LogP contribution in [-0.2, 0) is 14.6 Å². The molecular weight excluding hydrogens is 440 g/mol. The van der Waals surface area contributed by atoms with E-state index in [1.807, 2.05) is 0 Å². The molecule has 0 saturated heterocycles. The van der Waals surface area contributed by atoms with Crippen LogP contribution in [0.3, 0.4) is 0 Å². The largest absolute Gasteiger partial charge is 0.508 e. The van der Waals surface area contributed by atoms with E-state index in [-0.39, 0.29) is 45.6 Å². The van der Waals surface area contributed by atoms with Crippen molar-refractivity contribution in [2.24, 2.45) is 0 Å². The number of ether oxygens (including phenoxy) is 4. The second-order valence-corrected chi connectivity index (χ2v) is 8.26. The lowest BCUT2D eigenvalue weighted by Crippen LogP contribution is -2.06. The standard InChI is InChI=1S/C22H24O9S/c1-13(23)8-21(22-19(30-4)11-15(25)12-20(22)31-5)32(26,27)7-6-16-17(28-2)9-14(24)10-18(16)29-3/h6-12,24-25H,1-5H3/b7-6?,21-8+. The number of sulfone groups is 1. The number of benzene rings is 2. The first-order valence-corrected chi connectivity index (χ1v) is 10.7. The number of hydrogen-bond donors (Lipinski definition) is 2. The lowest BCUT2D eigenvalue weighted by molar-refractivity contribution is -0.112. The van der Waals surface area contributed by atoms with Crippen molar-refractivity contribution in [1.82, 2.24) is 0 Å². The number of rotatable bonds is 9. The number of hydrogen-bond acceptors (Lipinski definition) is 9. The highest BCUT2D eigenvalue weighted by atomic mass is 32.2. The maximum absolute atomic E-state index is 13.3. The van der Waals surface area contributed by atoms with E-state index in [0.717, 1.165) is 11.5 Å². The SMILES string of the molecule is COc1cc(O)cc(OC)c1C=CS(=O)(=O)/C(=C/C(C)=O)c1c(OC)cc(O)cc1OC. The van der Waals surface area contributed by atoms with E-state index in [9.17, 15) is 23.4 Å². The summed E-state index contributed by atoms with van der Waals surface area (Å²) < 4.78 is 47.5. The summed E-state index contributed by atoms with van der Waals surface area (Å²) in [4.78, 5) is 11.5.